The first kappa shape index (κ1) is 14.4. The quantitative estimate of drug-likeness (QED) is 0.799. The van der Waals surface area contributed by atoms with Gasteiger partial charge in [-0.1, -0.05) is 25.7 Å². The number of rotatable bonds is 5. The van der Waals surface area contributed by atoms with Crippen LogP contribution in [0.5, 0.6) is 0 Å². The van der Waals surface area contributed by atoms with Crippen LogP contribution in [-0.4, -0.2) is 24.4 Å². The predicted octanol–water partition coefficient (Wildman–Crippen LogP) is 1.99. The summed E-state index contributed by atoms with van der Waals surface area (Å²) >= 11 is 0. The van der Waals surface area contributed by atoms with Crippen molar-refractivity contribution in [2.45, 2.75) is 64.3 Å². The van der Waals surface area contributed by atoms with E-state index in [-0.39, 0.29) is 29.7 Å². The van der Waals surface area contributed by atoms with Crippen LogP contribution in [0.1, 0.15) is 58.3 Å². The molecule has 4 heteroatoms. The first-order chi connectivity index (χ1) is 9.16. The summed E-state index contributed by atoms with van der Waals surface area (Å²) in [6, 6.07) is 0.0263. The first-order valence-corrected chi connectivity index (χ1v) is 7.75. The Hall–Kier alpha value is -1.06. The molecule has 19 heavy (non-hydrogen) atoms. The molecule has 2 saturated carbocycles. The number of hydrogen-bond acceptors (Lipinski definition) is 2. The Morgan fingerprint density at radius 1 is 0.947 bits per heavy atom. The largest absolute Gasteiger partial charge is 0.354 e. The number of carbonyl (C=O) groups excluding carboxylic acids is 2. The SMILES string of the molecule is C[C@@H](CNC(=O)C1CCCC1)NC(=O)C1CCCC1. The van der Waals surface area contributed by atoms with Crippen molar-refractivity contribution in [1.29, 1.82) is 0 Å². The molecule has 0 saturated heterocycles. The highest BCUT2D eigenvalue weighted by Crippen LogP contribution is 2.25. The van der Waals surface area contributed by atoms with E-state index in [0.29, 0.717) is 6.54 Å². The van der Waals surface area contributed by atoms with Gasteiger partial charge < -0.3 is 10.6 Å². The summed E-state index contributed by atoms with van der Waals surface area (Å²) in [6.07, 6.45) is 8.77. The highest BCUT2D eigenvalue weighted by molar-refractivity contribution is 5.80. The summed E-state index contributed by atoms with van der Waals surface area (Å²) < 4.78 is 0. The van der Waals surface area contributed by atoms with Crippen molar-refractivity contribution in [3.8, 4) is 0 Å². The lowest BCUT2D eigenvalue weighted by atomic mass is 10.1. The fourth-order valence-corrected chi connectivity index (χ4v) is 3.19. The zero-order chi connectivity index (χ0) is 13.7. The third kappa shape index (κ3) is 4.22. The normalized spacial score (nSPS) is 22.4. The van der Waals surface area contributed by atoms with E-state index in [1.54, 1.807) is 0 Å². The Balaban J connectivity index is 1.64. The topological polar surface area (TPSA) is 58.2 Å². The lowest BCUT2D eigenvalue weighted by molar-refractivity contribution is -0.127. The molecule has 2 N–H and O–H groups in total. The van der Waals surface area contributed by atoms with Gasteiger partial charge in [0.05, 0.1) is 0 Å². The Kier molecular flexibility index (Phi) is 5.23. The van der Waals surface area contributed by atoms with E-state index in [4.69, 9.17) is 0 Å². The Morgan fingerprint density at radius 3 is 1.95 bits per heavy atom. The van der Waals surface area contributed by atoms with Gasteiger partial charge in [0.1, 0.15) is 0 Å². The minimum Gasteiger partial charge on any atom is -0.354 e. The summed E-state index contributed by atoms with van der Waals surface area (Å²) in [7, 11) is 0. The van der Waals surface area contributed by atoms with Crippen molar-refractivity contribution in [1.82, 2.24) is 10.6 Å². The average Bonchev–Trinajstić information content (AvgIpc) is 3.07. The molecule has 0 unspecified atom stereocenters. The molecular weight excluding hydrogens is 240 g/mol. The molecule has 2 aliphatic rings. The molecule has 0 spiro atoms. The average molecular weight is 266 g/mol. The molecule has 0 radical (unpaired) electrons. The molecule has 2 fully saturated rings. The summed E-state index contributed by atoms with van der Waals surface area (Å²) in [4.78, 5) is 23.8. The predicted molar refractivity (Wildman–Crippen MR) is 74.5 cm³/mol. The van der Waals surface area contributed by atoms with Gasteiger partial charge in [0, 0.05) is 24.4 Å². The molecule has 2 rings (SSSR count). The van der Waals surface area contributed by atoms with Gasteiger partial charge in [0.15, 0.2) is 0 Å². The van der Waals surface area contributed by atoms with Crippen LogP contribution in [0.3, 0.4) is 0 Å². The number of amides is 2. The van der Waals surface area contributed by atoms with Crippen LogP contribution in [0.25, 0.3) is 0 Å². The maximum Gasteiger partial charge on any atom is 0.223 e. The zero-order valence-electron chi connectivity index (χ0n) is 11.9. The lowest BCUT2D eigenvalue weighted by Gasteiger charge is -2.18. The third-order valence-electron chi connectivity index (χ3n) is 4.42. The lowest BCUT2D eigenvalue weighted by Crippen LogP contribution is -2.44. The molecule has 0 bridgehead atoms. The Labute approximate surface area is 115 Å². The monoisotopic (exact) mass is 266 g/mol. The van der Waals surface area contributed by atoms with Crippen molar-refractivity contribution in [2.75, 3.05) is 6.54 Å². The van der Waals surface area contributed by atoms with Crippen molar-refractivity contribution >= 4 is 11.8 Å². The molecule has 0 aromatic heterocycles. The van der Waals surface area contributed by atoms with Crippen LogP contribution >= 0.6 is 0 Å². The molecular formula is C15H26N2O2. The summed E-state index contributed by atoms with van der Waals surface area (Å²) in [6.45, 7) is 2.51. The molecule has 108 valence electrons. The molecule has 2 amide bonds. The maximum atomic E-state index is 11.9. The third-order valence-corrected chi connectivity index (χ3v) is 4.42. The maximum absolute atomic E-state index is 11.9. The van der Waals surface area contributed by atoms with Gasteiger partial charge in [-0.05, 0) is 32.6 Å². The minimum absolute atomic E-state index is 0.0263. The van der Waals surface area contributed by atoms with Gasteiger partial charge in [-0.25, -0.2) is 0 Å². The van der Waals surface area contributed by atoms with E-state index in [2.05, 4.69) is 10.6 Å². The van der Waals surface area contributed by atoms with Crippen LogP contribution in [0.2, 0.25) is 0 Å². The molecule has 1 atom stereocenters. The highest BCUT2D eigenvalue weighted by atomic mass is 16.2. The van der Waals surface area contributed by atoms with E-state index >= 15 is 0 Å². The van der Waals surface area contributed by atoms with Crippen molar-refractivity contribution in [3.63, 3.8) is 0 Å². The van der Waals surface area contributed by atoms with Crippen LogP contribution in [0.4, 0.5) is 0 Å². The molecule has 0 aromatic carbocycles. The van der Waals surface area contributed by atoms with Crippen molar-refractivity contribution in [2.24, 2.45) is 11.8 Å². The summed E-state index contributed by atoms with van der Waals surface area (Å²) in [5.41, 5.74) is 0. The molecule has 4 nitrogen and oxygen atoms in total. The van der Waals surface area contributed by atoms with Crippen LogP contribution in [0.15, 0.2) is 0 Å². The summed E-state index contributed by atoms with van der Waals surface area (Å²) in [5.74, 6) is 0.741. The van der Waals surface area contributed by atoms with Gasteiger partial charge in [0.2, 0.25) is 11.8 Å². The number of carbonyl (C=O) groups is 2. The van der Waals surface area contributed by atoms with Crippen LogP contribution in [0, 0.1) is 11.8 Å². The molecule has 0 heterocycles. The summed E-state index contributed by atoms with van der Waals surface area (Å²) in [5, 5.41) is 5.98. The smallest absolute Gasteiger partial charge is 0.223 e. The zero-order valence-corrected chi connectivity index (χ0v) is 11.9. The van der Waals surface area contributed by atoms with Gasteiger partial charge >= 0.3 is 0 Å². The second-order valence-electron chi connectivity index (χ2n) is 6.12. The molecule has 2 aliphatic carbocycles. The minimum atomic E-state index is 0.0263. The van der Waals surface area contributed by atoms with Gasteiger partial charge in [-0.2, -0.15) is 0 Å². The van der Waals surface area contributed by atoms with Crippen molar-refractivity contribution < 1.29 is 9.59 Å². The fourth-order valence-electron chi connectivity index (χ4n) is 3.19. The van der Waals surface area contributed by atoms with Gasteiger partial charge in [0.25, 0.3) is 0 Å². The van der Waals surface area contributed by atoms with Gasteiger partial charge in [-0.3, -0.25) is 9.59 Å². The van der Waals surface area contributed by atoms with Crippen LogP contribution in [-0.2, 0) is 9.59 Å². The highest BCUT2D eigenvalue weighted by Gasteiger charge is 2.25. The van der Waals surface area contributed by atoms with E-state index in [9.17, 15) is 9.59 Å². The van der Waals surface area contributed by atoms with E-state index in [0.717, 1.165) is 25.7 Å². The van der Waals surface area contributed by atoms with Crippen LogP contribution < -0.4 is 10.6 Å². The second kappa shape index (κ2) is 6.92. The van der Waals surface area contributed by atoms with Crippen molar-refractivity contribution in [3.05, 3.63) is 0 Å². The Bertz CT molecular complexity index is 318. The standard InChI is InChI=1S/C15H26N2O2/c1-11(17-15(19)13-8-4-5-9-13)10-16-14(18)12-6-2-3-7-12/h11-13H,2-10H2,1H3,(H,16,18)(H,17,19)/t11-/m0/s1. The fraction of sp³-hybridized carbons (Fsp3) is 0.867. The molecule has 0 aromatic rings. The Morgan fingerprint density at radius 2 is 1.42 bits per heavy atom. The second-order valence-corrected chi connectivity index (χ2v) is 6.12. The first-order valence-electron chi connectivity index (χ1n) is 7.75. The number of nitrogens with one attached hydrogen (secondary N) is 2. The van der Waals surface area contributed by atoms with E-state index in [1.165, 1.54) is 25.7 Å². The van der Waals surface area contributed by atoms with E-state index < -0.39 is 0 Å². The van der Waals surface area contributed by atoms with Gasteiger partial charge in [-0.15, -0.1) is 0 Å². The molecule has 0 aliphatic heterocycles. The number of hydrogen-bond donors (Lipinski definition) is 2. The van der Waals surface area contributed by atoms with E-state index in [1.807, 2.05) is 6.92 Å².